The summed E-state index contributed by atoms with van der Waals surface area (Å²) < 4.78 is 1.01. The average Bonchev–Trinajstić information content (AvgIpc) is 2.99. The molecule has 1 aromatic carbocycles. The van der Waals surface area contributed by atoms with E-state index in [1.165, 1.54) is 11.3 Å². The van der Waals surface area contributed by atoms with Crippen molar-refractivity contribution in [1.29, 1.82) is 0 Å². The van der Waals surface area contributed by atoms with Gasteiger partial charge in [0.2, 0.25) is 0 Å². The van der Waals surface area contributed by atoms with Crippen molar-refractivity contribution in [2.24, 2.45) is 0 Å². The number of pyridine rings is 1. The molecule has 1 aliphatic rings. The number of aliphatic carboxylic acids is 1. The van der Waals surface area contributed by atoms with Crippen molar-refractivity contribution >= 4 is 60.8 Å². The Bertz CT molecular complexity index is 1020. The summed E-state index contributed by atoms with van der Waals surface area (Å²) in [4.78, 5) is 33.6. The Morgan fingerprint density at radius 3 is 3.04 bits per heavy atom. The molecule has 6 nitrogen and oxygen atoms in total. The van der Waals surface area contributed by atoms with E-state index >= 15 is 0 Å². The molecule has 3 heterocycles. The van der Waals surface area contributed by atoms with Gasteiger partial charge in [-0.05, 0) is 24.3 Å². The number of thiazole rings is 1. The van der Waals surface area contributed by atoms with E-state index in [1.807, 2.05) is 12.1 Å². The smallest absolute Gasteiger partial charge is 0.305 e. The molecular formula is C17H14ClN3O3S2. The lowest BCUT2D eigenvalue weighted by atomic mass is 10.2. The fraction of sp³-hybridized carbons (Fsp3) is 0.176. The van der Waals surface area contributed by atoms with Crippen LogP contribution in [0.15, 0.2) is 41.6 Å². The van der Waals surface area contributed by atoms with Crippen LogP contribution in [0.25, 0.3) is 10.2 Å². The number of nitrogens with zero attached hydrogens (tertiary/aromatic N) is 2. The van der Waals surface area contributed by atoms with Crippen LogP contribution in [-0.2, 0) is 15.3 Å². The normalized spacial score (nSPS) is 20.6. The lowest BCUT2D eigenvalue weighted by molar-refractivity contribution is -0.138. The molecule has 2 N–H and O–H groups in total. The van der Waals surface area contributed by atoms with E-state index in [1.54, 1.807) is 24.5 Å². The van der Waals surface area contributed by atoms with Gasteiger partial charge in [0, 0.05) is 28.1 Å². The van der Waals surface area contributed by atoms with Gasteiger partial charge in [-0.25, -0.2) is 4.98 Å². The van der Waals surface area contributed by atoms with Crippen molar-refractivity contribution in [2.75, 3.05) is 5.32 Å². The molecular weight excluding hydrogens is 394 g/mol. The molecule has 2 aromatic heterocycles. The number of hydrogen-bond acceptors (Lipinski definition) is 6. The number of nitrogens with one attached hydrogen (secondary N) is 1. The van der Waals surface area contributed by atoms with Crippen molar-refractivity contribution in [3.8, 4) is 0 Å². The minimum atomic E-state index is -1.25. The highest BCUT2D eigenvalue weighted by molar-refractivity contribution is 8.29. The van der Waals surface area contributed by atoms with Gasteiger partial charge in [0.15, 0.2) is 5.12 Å². The highest BCUT2D eigenvalue weighted by atomic mass is 35.5. The van der Waals surface area contributed by atoms with E-state index in [4.69, 9.17) is 16.7 Å². The molecule has 0 aliphatic carbocycles. The van der Waals surface area contributed by atoms with E-state index in [0.717, 1.165) is 25.8 Å². The van der Waals surface area contributed by atoms with E-state index in [-0.39, 0.29) is 11.5 Å². The van der Waals surface area contributed by atoms with Crippen LogP contribution in [0, 0.1) is 0 Å². The largest absolute Gasteiger partial charge is 0.481 e. The van der Waals surface area contributed by atoms with Gasteiger partial charge in [0.05, 0.1) is 22.3 Å². The van der Waals surface area contributed by atoms with Crippen LogP contribution in [0.1, 0.15) is 11.4 Å². The molecule has 0 bridgehead atoms. The Balaban J connectivity index is 1.70. The molecule has 0 saturated carbocycles. The number of halogens is 1. The van der Waals surface area contributed by atoms with Crippen molar-refractivity contribution in [3.05, 3.63) is 46.7 Å². The SMILES string of the molecule is O=C(O)CC1Nc2ccncc2[SH](Cc2nc3cc(Cl)ccc3s2)C1=O. The molecule has 1 aliphatic heterocycles. The zero-order valence-corrected chi connectivity index (χ0v) is 15.8. The molecule has 0 saturated heterocycles. The molecule has 0 amide bonds. The molecule has 4 rings (SSSR count). The summed E-state index contributed by atoms with van der Waals surface area (Å²) >= 11 is 7.55. The maximum atomic E-state index is 12.9. The van der Waals surface area contributed by atoms with Crippen LogP contribution in [0.5, 0.6) is 0 Å². The zero-order valence-electron chi connectivity index (χ0n) is 13.3. The second kappa shape index (κ2) is 6.86. The Labute approximate surface area is 160 Å². The first kappa shape index (κ1) is 17.3. The predicted octanol–water partition coefficient (Wildman–Crippen LogP) is 3.70. The van der Waals surface area contributed by atoms with Crippen molar-refractivity contribution in [2.45, 2.75) is 23.1 Å². The maximum Gasteiger partial charge on any atom is 0.305 e. The molecule has 3 aromatic rings. The van der Waals surface area contributed by atoms with Gasteiger partial charge in [-0.2, -0.15) is 10.9 Å². The van der Waals surface area contributed by atoms with Gasteiger partial charge in [-0.15, -0.1) is 11.3 Å². The van der Waals surface area contributed by atoms with Gasteiger partial charge in [0.1, 0.15) is 11.0 Å². The molecule has 0 radical (unpaired) electrons. The fourth-order valence-electron chi connectivity index (χ4n) is 2.91. The monoisotopic (exact) mass is 407 g/mol. The van der Waals surface area contributed by atoms with Crippen molar-refractivity contribution < 1.29 is 14.7 Å². The number of carbonyl (C=O) groups is 2. The number of thiol groups is 1. The van der Waals surface area contributed by atoms with Gasteiger partial charge in [-0.1, -0.05) is 11.6 Å². The van der Waals surface area contributed by atoms with Crippen molar-refractivity contribution in [1.82, 2.24) is 9.97 Å². The number of hydrogen-bond donors (Lipinski definition) is 3. The van der Waals surface area contributed by atoms with Crippen LogP contribution in [0.3, 0.4) is 0 Å². The summed E-state index contributed by atoms with van der Waals surface area (Å²) in [5.41, 5.74) is 1.59. The Morgan fingerprint density at radius 2 is 2.23 bits per heavy atom. The lowest BCUT2D eigenvalue weighted by Gasteiger charge is -2.32. The number of carbonyl (C=O) groups excluding carboxylic acids is 1. The minimum absolute atomic E-state index is 0.0832. The highest BCUT2D eigenvalue weighted by Crippen LogP contribution is 2.49. The number of fused-ring (bicyclic) bond motifs is 2. The summed E-state index contributed by atoms with van der Waals surface area (Å²) in [6.07, 6.45) is 3.08. The topological polar surface area (TPSA) is 92.2 Å². The number of carboxylic acid groups (broad SMARTS) is 1. The predicted molar refractivity (Wildman–Crippen MR) is 104 cm³/mol. The summed E-state index contributed by atoms with van der Waals surface area (Å²) in [6.45, 7) is 0. The summed E-state index contributed by atoms with van der Waals surface area (Å²) in [5.74, 6) is -0.528. The molecule has 2 unspecified atom stereocenters. The fourth-order valence-corrected chi connectivity index (χ4v) is 6.53. The highest BCUT2D eigenvalue weighted by Gasteiger charge is 2.34. The van der Waals surface area contributed by atoms with Crippen LogP contribution >= 0.6 is 33.8 Å². The molecule has 134 valence electrons. The standard InChI is InChI=1S/C17H14ClN3O3S2/c18-9-1-2-13-11(5-9)21-15(25-13)8-26-14-7-19-4-3-10(14)20-12(17(26)24)6-16(22)23/h1-5,7,12,20,26H,6,8H2,(H,22,23). The van der Waals surface area contributed by atoms with Gasteiger partial charge >= 0.3 is 5.97 Å². The van der Waals surface area contributed by atoms with Gasteiger partial charge in [-0.3, -0.25) is 14.6 Å². The lowest BCUT2D eigenvalue weighted by Crippen LogP contribution is -2.35. The Kier molecular flexibility index (Phi) is 4.56. The van der Waals surface area contributed by atoms with E-state index < -0.39 is 22.9 Å². The number of rotatable bonds is 4. The summed E-state index contributed by atoms with van der Waals surface area (Å²) in [7, 11) is -1.25. The first-order valence-electron chi connectivity index (χ1n) is 7.80. The van der Waals surface area contributed by atoms with Crippen LogP contribution in [0.2, 0.25) is 5.02 Å². The Hall–Kier alpha value is -2.16. The quantitative estimate of drug-likeness (QED) is 0.571. The zero-order chi connectivity index (χ0) is 18.3. The summed E-state index contributed by atoms with van der Waals surface area (Å²) in [5, 5.41) is 13.5. The second-order valence-corrected chi connectivity index (χ2v) is 9.48. The Morgan fingerprint density at radius 1 is 1.38 bits per heavy atom. The number of anilines is 1. The van der Waals surface area contributed by atoms with E-state index in [0.29, 0.717) is 10.8 Å². The van der Waals surface area contributed by atoms with Crippen LogP contribution in [-0.4, -0.2) is 32.2 Å². The van der Waals surface area contributed by atoms with Crippen LogP contribution in [0.4, 0.5) is 5.69 Å². The number of aromatic nitrogens is 2. The third-order valence-electron chi connectivity index (χ3n) is 4.05. The minimum Gasteiger partial charge on any atom is -0.481 e. The molecule has 26 heavy (non-hydrogen) atoms. The first-order valence-corrected chi connectivity index (χ1v) is 10.5. The third kappa shape index (κ3) is 3.27. The van der Waals surface area contributed by atoms with E-state index in [9.17, 15) is 9.59 Å². The van der Waals surface area contributed by atoms with Crippen molar-refractivity contribution in [3.63, 3.8) is 0 Å². The number of carboxylic acids is 1. The molecule has 2 atom stereocenters. The summed E-state index contributed by atoms with van der Waals surface area (Å²) in [6, 6.07) is 6.59. The van der Waals surface area contributed by atoms with Gasteiger partial charge < -0.3 is 10.4 Å². The maximum absolute atomic E-state index is 12.9. The second-order valence-electron chi connectivity index (χ2n) is 5.83. The third-order valence-corrected chi connectivity index (χ3v) is 7.93. The van der Waals surface area contributed by atoms with E-state index in [2.05, 4.69) is 15.3 Å². The molecule has 9 heteroatoms. The number of benzene rings is 1. The first-order chi connectivity index (χ1) is 12.5. The molecule has 0 spiro atoms. The average molecular weight is 408 g/mol. The van der Waals surface area contributed by atoms with Gasteiger partial charge in [0.25, 0.3) is 0 Å². The molecule has 0 fully saturated rings. The van der Waals surface area contributed by atoms with Crippen LogP contribution < -0.4 is 5.32 Å².